The van der Waals surface area contributed by atoms with Crippen molar-refractivity contribution < 1.29 is 4.48 Å². The van der Waals surface area contributed by atoms with E-state index in [-0.39, 0.29) is 0 Å². The van der Waals surface area contributed by atoms with Gasteiger partial charge in [-0.1, -0.05) is 13.8 Å². The molecule has 1 rings (SSSR count). The Bertz CT molecular complexity index is 168. The fraction of sp³-hybridized carbons (Fsp3) is 1.00. The van der Waals surface area contributed by atoms with Crippen LogP contribution in [0.25, 0.3) is 0 Å². The third kappa shape index (κ3) is 3.48. The number of likely N-dealkylation sites (tertiary alicyclic amines) is 1. The lowest BCUT2D eigenvalue weighted by molar-refractivity contribution is -0.952. The van der Waals surface area contributed by atoms with Gasteiger partial charge in [0.25, 0.3) is 0 Å². The van der Waals surface area contributed by atoms with E-state index in [0.29, 0.717) is 0 Å². The van der Waals surface area contributed by atoms with E-state index >= 15 is 0 Å². The van der Waals surface area contributed by atoms with Crippen molar-refractivity contribution in [2.24, 2.45) is 5.92 Å². The van der Waals surface area contributed by atoms with Crippen molar-refractivity contribution in [3.63, 3.8) is 0 Å². The summed E-state index contributed by atoms with van der Waals surface area (Å²) in [5.41, 5.74) is 0. The Morgan fingerprint density at radius 3 is 2.00 bits per heavy atom. The number of hydrogen-bond donors (Lipinski definition) is 0. The van der Waals surface area contributed by atoms with Crippen LogP contribution in [0.4, 0.5) is 0 Å². The molecule has 0 aliphatic carbocycles. The van der Waals surface area contributed by atoms with Crippen LogP contribution in [0, 0.1) is 5.92 Å². The standard InChI is InChI=1S/C14H30N/c1-5-15(11-7-6-8-12-15)14(4)10-9-13(2)3/h13-14H,5-12H2,1-4H3/q+1. The van der Waals surface area contributed by atoms with Gasteiger partial charge in [-0.3, -0.25) is 0 Å². The van der Waals surface area contributed by atoms with Gasteiger partial charge in [-0.2, -0.15) is 0 Å². The number of hydrogen-bond acceptors (Lipinski definition) is 0. The van der Waals surface area contributed by atoms with E-state index in [1.165, 1.54) is 56.2 Å². The number of piperidine rings is 1. The van der Waals surface area contributed by atoms with Crippen molar-refractivity contribution in [2.45, 2.75) is 65.8 Å². The van der Waals surface area contributed by atoms with E-state index in [0.717, 1.165) is 12.0 Å². The van der Waals surface area contributed by atoms with E-state index in [9.17, 15) is 0 Å². The highest BCUT2D eigenvalue weighted by Gasteiger charge is 2.33. The van der Waals surface area contributed by atoms with Gasteiger partial charge < -0.3 is 4.48 Å². The molecule has 1 aliphatic rings. The van der Waals surface area contributed by atoms with Gasteiger partial charge in [0.15, 0.2) is 0 Å². The van der Waals surface area contributed by atoms with Crippen molar-refractivity contribution in [3.8, 4) is 0 Å². The molecule has 0 spiro atoms. The summed E-state index contributed by atoms with van der Waals surface area (Å²) in [5, 5.41) is 0. The second-order valence-corrected chi connectivity index (χ2v) is 5.86. The van der Waals surface area contributed by atoms with Crippen molar-refractivity contribution >= 4 is 0 Å². The van der Waals surface area contributed by atoms with E-state index in [1.54, 1.807) is 0 Å². The minimum Gasteiger partial charge on any atom is -0.322 e. The highest BCUT2D eigenvalue weighted by Crippen LogP contribution is 2.25. The predicted octanol–water partition coefficient (Wildman–Crippen LogP) is 3.83. The number of quaternary nitrogens is 1. The Hall–Kier alpha value is -0.0400. The van der Waals surface area contributed by atoms with Crippen LogP contribution in [-0.4, -0.2) is 30.2 Å². The monoisotopic (exact) mass is 212 g/mol. The summed E-state index contributed by atoms with van der Waals surface area (Å²) in [5.74, 6) is 0.870. The second kappa shape index (κ2) is 5.89. The van der Waals surface area contributed by atoms with Gasteiger partial charge >= 0.3 is 0 Å². The third-order valence-corrected chi connectivity index (χ3v) is 4.43. The molecule has 0 bridgehead atoms. The molecule has 1 aliphatic heterocycles. The molecular formula is C14H30N+. The molecule has 0 aromatic carbocycles. The average Bonchev–Trinajstić information content (AvgIpc) is 2.26. The van der Waals surface area contributed by atoms with Crippen LogP contribution < -0.4 is 0 Å². The largest absolute Gasteiger partial charge is 0.322 e. The van der Waals surface area contributed by atoms with Gasteiger partial charge in [-0.15, -0.1) is 0 Å². The van der Waals surface area contributed by atoms with Gasteiger partial charge in [0, 0.05) is 0 Å². The summed E-state index contributed by atoms with van der Waals surface area (Å²) in [6.45, 7) is 13.8. The number of nitrogens with zero attached hydrogens (tertiary/aromatic N) is 1. The summed E-state index contributed by atoms with van der Waals surface area (Å²) in [6.07, 6.45) is 7.21. The maximum Gasteiger partial charge on any atom is 0.0861 e. The Balaban J connectivity index is 2.48. The lowest BCUT2D eigenvalue weighted by atomic mass is 9.98. The van der Waals surface area contributed by atoms with Crippen molar-refractivity contribution in [3.05, 3.63) is 0 Å². The van der Waals surface area contributed by atoms with Crippen LogP contribution in [-0.2, 0) is 0 Å². The van der Waals surface area contributed by atoms with E-state index in [2.05, 4.69) is 27.7 Å². The second-order valence-electron chi connectivity index (χ2n) is 5.86. The van der Waals surface area contributed by atoms with Gasteiger partial charge in [-0.05, 0) is 51.9 Å². The number of rotatable bonds is 5. The normalized spacial score (nSPS) is 23.0. The molecule has 1 heteroatoms. The predicted molar refractivity (Wildman–Crippen MR) is 67.9 cm³/mol. The summed E-state index contributed by atoms with van der Waals surface area (Å²) in [6, 6.07) is 0.887. The van der Waals surface area contributed by atoms with Crippen LogP contribution >= 0.6 is 0 Å². The van der Waals surface area contributed by atoms with E-state index in [1.807, 2.05) is 0 Å². The van der Waals surface area contributed by atoms with Gasteiger partial charge in [0.05, 0.1) is 25.7 Å². The SMILES string of the molecule is CC[N+]1(C(C)CCC(C)C)CCCCC1. The molecule has 0 N–H and O–H groups in total. The molecule has 0 amide bonds. The van der Waals surface area contributed by atoms with Crippen LogP contribution in [0.3, 0.4) is 0 Å². The van der Waals surface area contributed by atoms with Crippen molar-refractivity contribution in [1.29, 1.82) is 0 Å². The average molecular weight is 212 g/mol. The third-order valence-electron chi connectivity index (χ3n) is 4.43. The molecule has 90 valence electrons. The first kappa shape index (κ1) is 13.0. The zero-order chi connectivity index (χ0) is 11.3. The van der Waals surface area contributed by atoms with E-state index in [4.69, 9.17) is 0 Å². The Kier molecular flexibility index (Phi) is 5.11. The molecule has 0 aromatic heterocycles. The minimum absolute atomic E-state index is 0.870. The van der Waals surface area contributed by atoms with Gasteiger partial charge in [0.1, 0.15) is 0 Å². The summed E-state index contributed by atoms with van der Waals surface area (Å²) in [7, 11) is 0. The quantitative estimate of drug-likeness (QED) is 0.608. The first-order valence-electron chi connectivity index (χ1n) is 6.96. The molecule has 0 radical (unpaired) electrons. The molecule has 1 nitrogen and oxygen atoms in total. The lowest BCUT2D eigenvalue weighted by Gasteiger charge is -2.46. The summed E-state index contributed by atoms with van der Waals surface area (Å²) >= 11 is 0. The topological polar surface area (TPSA) is 0 Å². The Morgan fingerprint density at radius 1 is 0.933 bits per heavy atom. The molecule has 0 saturated carbocycles. The molecule has 1 heterocycles. The lowest BCUT2D eigenvalue weighted by Crippen LogP contribution is -2.56. The fourth-order valence-corrected chi connectivity index (χ4v) is 3.06. The molecule has 15 heavy (non-hydrogen) atoms. The molecular weight excluding hydrogens is 182 g/mol. The van der Waals surface area contributed by atoms with Crippen molar-refractivity contribution in [2.75, 3.05) is 19.6 Å². The smallest absolute Gasteiger partial charge is 0.0861 e. The maximum atomic E-state index is 2.48. The zero-order valence-electron chi connectivity index (χ0n) is 11.3. The first-order valence-corrected chi connectivity index (χ1v) is 6.96. The van der Waals surface area contributed by atoms with Gasteiger partial charge in [-0.25, -0.2) is 0 Å². The maximum absolute atomic E-state index is 2.48. The van der Waals surface area contributed by atoms with Gasteiger partial charge in [0.2, 0.25) is 0 Å². The Morgan fingerprint density at radius 2 is 1.53 bits per heavy atom. The minimum atomic E-state index is 0.870. The summed E-state index contributed by atoms with van der Waals surface area (Å²) < 4.78 is 1.41. The highest BCUT2D eigenvalue weighted by atomic mass is 15.4. The van der Waals surface area contributed by atoms with Crippen LogP contribution in [0.1, 0.15) is 59.8 Å². The van der Waals surface area contributed by atoms with Crippen LogP contribution in [0.15, 0.2) is 0 Å². The highest BCUT2D eigenvalue weighted by molar-refractivity contribution is 4.61. The molecule has 0 aromatic rings. The molecule has 1 saturated heterocycles. The summed E-state index contributed by atoms with van der Waals surface area (Å²) in [4.78, 5) is 0. The zero-order valence-corrected chi connectivity index (χ0v) is 11.3. The van der Waals surface area contributed by atoms with Crippen molar-refractivity contribution in [1.82, 2.24) is 0 Å². The van der Waals surface area contributed by atoms with Crippen LogP contribution in [0.2, 0.25) is 0 Å². The van der Waals surface area contributed by atoms with Crippen LogP contribution in [0.5, 0.6) is 0 Å². The molecule has 1 fully saturated rings. The van der Waals surface area contributed by atoms with E-state index < -0.39 is 0 Å². The first-order chi connectivity index (χ1) is 7.10. The Labute approximate surface area is 96.4 Å². The molecule has 1 atom stereocenters. The molecule has 1 unspecified atom stereocenters. The fourth-order valence-electron chi connectivity index (χ4n) is 3.06.